The zero-order valence-electron chi connectivity index (χ0n) is 18.8. The molecule has 2 bridgehead atoms. The van der Waals surface area contributed by atoms with Crippen molar-refractivity contribution >= 4 is 29.3 Å². The molecule has 1 saturated heterocycles. The lowest BCUT2D eigenvalue weighted by atomic mass is 9.63. The zero-order chi connectivity index (χ0) is 23.6. The topological polar surface area (TPSA) is 80.8 Å². The third kappa shape index (κ3) is 3.08. The van der Waals surface area contributed by atoms with Crippen LogP contribution in [0.1, 0.15) is 40.5 Å². The molecule has 5 aliphatic rings. The minimum atomic E-state index is -0.881. The van der Waals surface area contributed by atoms with Gasteiger partial charge in [-0.3, -0.25) is 19.3 Å². The van der Waals surface area contributed by atoms with Gasteiger partial charge in [-0.1, -0.05) is 49.4 Å². The lowest BCUT2D eigenvalue weighted by Crippen LogP contribution is -2.40. The first-order chi connectivity index (χ1) is 16.5. The van der Waals surface area contributed by atoms with E-state index in [1.54, 1.807) is 55.5 Å². The van der Waals surface area contributed by atoms with Crippen LogP contribution in [0.15, 0.2) is 66.7 Å². The van der Waals surface area contributed by atoms with E-state index in [4.69, 9.17) is 4.74 Å². The van der Waals surface area contributed by atoms with Gasteiger partial charge in [0.2, 0.25) is 17.6 Å². The van der Waals surface area contributed by atoms with Crippen molar-refractivity contribution < 1.29 is 23.9 Å². The molecule has 0 aromatic heterocycles. The number of amides is 2. The van der Waals surface area contributed by atoms with Crippen molar-refractivity contribution in [1.29, 1.82) is 0 Å². The molecule has 2 amide bonds. The standard InChI is InChI=1S/C28H25NO5/c1-2-22(25(30)15-6-4-3-5-7-15)34-28(33)16-8-10-17(11-9-16)29-26(31)23-18-12-13-19(21-14-20(18)21)24(23)27(29)32/h3-13,18-24H,2,14H2,1H3/t18-,19-,20-,21-,22-,23+,24+/m0/s1. The number of imide groups is 1. The Balaban J connectivity index is 1.18. The van der Waals surface area contributed by atoms with Crippen molar-refractivity contribution in [3.63, 3.8) is 0 Å². The summed E-state index contributed by atoms with van der Waals surface area (Å²) in [5, 5.41) is 0. The minimum Gasteiger partial charge on any atom is -0.450 e. The fourth-order valence-electron chi connectivity index (χ4n) is 6.27. The smallest absolute Gasteiger partial charge is 0.338 e. The van der Waals surface area contributed by atoms with Crippen LogP contribution in [0.3, 0.4) is 0 Å². The molecule has 3 fully saturated rings. The van der Waals surface area contributed by atoms with Crippen molar-refractivity contribution in [3.8, 4) is 0 Å². The first kappa shape index (κ1) is 21.0. The van der Waals surface area contributed by atoms with Crippen LogP contribution in [0.2, 0.25) is 0 Å². The number of benzene rings is 2. The van der Waals surface area contributed by atoms with Crippen molar-refractivity contribution in [2.24, 2.45) is 35.5 Å². The summed E-state index contributed by atoms with van der Waals surface area (Å²) in [6.45, 7) is 1.79. The van der Waals surface area contributed by atoms with E-state index in [1.807, 2.05) is 6.07 Å². The van der Waals surface area contributed by atoms with Crippen molar-refractivity contribution in [2.75, 3.05) is 4.90 Å². The summed E-state index contributed by atoms with van der Waals surface area (Å²) in [5.41, 5.74) is 1.23. The van der Waals surface area contributed by atoms with Gasteiger partial charge in [-0.2, -0.15) is 0 Å². The number of allylic oxidation sites excluding steroid dienone is 2. The maximum atomic E-state index is 13.3. The highest BCUT2D eigenvalue weighted by atomic mass is 16.5. The second-order valence-electron chi connectivity index (χ2n) is 9.75. The SMILES string of the molecule is CC[C@H](OC(=O)c1ccc(N2C(=O)[C@@H]3[C@H]4C=C[C@@H]([C@@H]5C[C@@H]45)[C@H]3C2=O)cc1)C(=O)c1ccccc1. The van der Waals surface area contributed by atoms with Gasteiger partial charge in [0.25, 0.3) is 0 Å². The summed E-state index contributed by atoms with van der Waals surface area (Å²) in [4.78, 5) is 53.2. The van der Waals surface area contributed by atoms with Gasteiger partial charge in [-0.25, -0.2) is 4.79 Å². The summed E-state index contributed by atoms with van der Waals surface area (Å²) in [6, 6.07) is 15.1. The van der Waals surface area contributed by atoms with Gasteiger partial charge in [-0.05, 0) is 60.8 Å². The first-order valence-electron chi connectivity index (χ1n) is 12.0. The van der Waals surface area contributed by atoms with Crippen molar-refractivity contribution in [1.82, 2.24) is 0 Å². The number of anilines is 1. The van der Waals surface area contributed by atoms with Crippen LogP contribution in [0.25, 0.3) is 0 Å². The van der Waals surface area contributed by atoms with E-state index in [0.29, 0.717) is 29.5 Å². The minimum absolute atomic E-state index is 0.130. The van der Waals surface area contributed by atoms with Gasteiger partial charge >= 0.3 is 5.97 Å². The Kier molecular flexibility index (Phi) is 4.80. The van der Waals surface area contributed by atoms with Gasteiger partial charge < -0.3 is 4.74 Å². The monoisotopic (exact) mass is 455 g/mol. The molecule has 0 N–H and O–H groups in total. The van der Waals surface area contributed by atoms with Gasteiger partial charge in [0.1, 0.15) is 0 Å². The quantitative estimate of drug-likeness (QED) is 0.284. The Labute approximate surface area is 197 Å². The molecule has 2 aromatic carbocycles. The first-order valence-corrected chi connectivity index (χ1v) is 12.0. The summed E-state index contributed by atoms with van der Waals surface area (Å²) < 4.78 is 5.50. The van der Waals surface area contributed by atoms with E-state index >= 15 is 0 Å². The molecule has 172 valence electrons. The van der Waals surface area contributed by atoms with E-state index < -0.39 is 12.1 Å². The Morgan fingerprint density at radius 1 is 0.882 bits per heavy atom. The molecule has 2 aromatic rings. The van der Waals surface area contributed by atoms with Crippen LogP contribution in [-0.2, 0) is 14.3 Å². The predicted molar refractivity (Wildman–Crippen MR) is 124 cm³/mol. The summed E-state index contributed by atoms with van der Waals surface area (Å²) >= 11 is 0. The van der Waals surface area contributed by atoms with Crippen LogP contribution < -0.4 is 4.90 Å². The van der Waals surface area contributed by atoms with Crippen LogP contribution >= 0.6 is 0 Å². The number of carbonyl (C=O) groups is 4. The van der Waals surface area contributed by atoms with E-state index in [2.05, 4.69) is 12.2 Å². The molecular formula is C28H25NO5. The maximum Gasteiger partial charge on any atom is 0.338 e. The second-order valence-corrected chi connectivity index (χ2v) is 9.75. The highest BCUT2D eigenvalue weighted by Gasteiger charge is 2.67. The van der Waals surface area contributed by atoms with Gasteiger partial charge in [0.05, 0.1) is 23.1 Å². The molecule has 0 radical (unpaired) electrons. The van der Waals surface area contributed by atoms with E-state index in [-0.39, 0.29) is 46.8 Å². The molecule has 1 aliphatic heterocycles. The number of Topliss-reactive ketones (excluding diaryl/α,β-unsaturated/α-hetero) is 1. The number of ketones is 1. The molecular weight excluding hydrogens is 430 g/mol. The third-order valence-electron chi connectivity index (χ3n) is 7.99. The van der Waals surface area contributed by atoms with Gasteiger partial charge in [0.15, 0.2) is 6.10 Å². The highest BCUT2D eigenvalue weighted by Crippen LogP contribution is 2.65. The van der Waals surface area contributed by atoms with Crippen LogP contribution in [0.4, 0.5) is 5.69 Å². The molecule has 34 heavy (non-hydrogen) atoms. The largest absolute Gasteiger partial charge is 0.450 e. The molecule has 4 aliphatic carbocycles. The molecule has 0 unspecified atom stereocenters. The Morgan fingerprint density at radius 2 is 1.47 bits per heavy atom. The molecule has 7 rings (SSSR count). The molecule has 1 heterocycles. The van der Waals surface area contributed by atoms with Crippen LogP contribution in [0.5, 0.6) is 0 Å². The fraction of sp³-hybridized carbons (Fsp3) is 0.357. The van der Waals surface area contributed by atoms with Crippen molar-refractivity contribution in [3.05, 3.63) is 77.9 Å². The average molecular weight is 456 g/mol. The van der Waals surface area contributed by atoms with Gasteiger partial charge in [-0.15, -0.1) is 0 Å². The molecule has 6 heteroatoms. The zero-order valence-corrected chi connectivity index (χ0v) is 18.8. The molecule has 7 atom stereocenters. The number of rotatable bonds is 6. The Morgan fingerprint density at radius 3 is 2.03 bits per heavy atom. The summed E-state index contributed by atoms with van der Waals surface area (Å²) in [6.07, 6.45) is 4.89. The van der Waals surface area contributed by atoms with Gasteiger partial charge in [0, 0.05) is 5.56 Å². The highest BCUT2D eigenvalue weighted by molar-refractivity contribution is 6.22. The molecule has 6 nitrogen and oxygen atoms in total. The predicted octanol–water partition coefficient (Wildman–Crippen LogP) is 4.06. The van der Waals surface area contributed by atoms with Crippen LogP contribution in [0, 0.1) is 35.5 Å². The Hall–Kier alpha value is -3.54. The molecule has 2 saturated carbocycles. The lowest BCUT2D eigenvalue weighted by molar-refractivity contribution is -0.124. The number of carbonyl (C=O) groups excluding carboxylic acids is 4. The van der Waals surface area contributed by atoms with Crippen LogP contribution in [-0.4, -0.2) is 29.7 Å². The van der Waals surface area contributed by atoms with E-state index in [1.165, 1.54) is 4.90 Å². The number of esters is 1. The Bertz CT molecular complexity index is 1180. The summed E-state index contributed by atoms with van der Waals surface area (Å²) in [5.74, 6) is -0.194. The maximum absolute atomic E-state index is 13.3. The second kappa shape index (κ2) is 7.76. The number of hydrogen-bond acceptors (Lipinski definition) is 5. The number of hydrogen-bond donors (Lipinski definition) is 0. The van der Waals surface area contributed by atoms with E-state index in [9.17, 15) is 19.2 Å². The van der Waals surface area contributed by atoms with Crippen molar-refractivity contribution in [2.45, 2.75) is 25.9 Å². The lowest BCUT2D eigenvalue weighted by Gasteiger charge is -2.37. The van der Waals surface area contributed by atoms with E-state index in [0.717, 1.165) is 6.42 Å². The fourth-order valence-corrected chi connectivity index (χ4v) is 6.27. The average Bonchev–Trinajstić information content (AvgIpc) is 3.65. The normalized spacial score (nSPS) is 31.1. The number of ether oxygens (including phenoxy) is 1. The molecule has 0 spiro atoms. The summed E-state index contributed by atoms with van der Waals surface area (Å²) in [7, 11) is 0. The third-order valence-corrected chi connectivity index (χ3v) is 7.99. The number of nitrogens with zero attached hydrogens (tertiary/aromatic N) is 1.